The van der Waals surface area contributed by atoms with Crippen molar-refractivity contribution in [2.45, 2.75) is 45.1 Å². The summed E-state index contributed by atoms with van der Waals surface area (Å²) in [5.41, 5.74) is 1.11. The number of carbonyl (C=O) groups is 1. The Morgan fingerprint density at radius 1 is 1.27 bits per heavy atom. The minimum Gasteiger partial charge on any atom is -0.351 e. The van der Waals surface area contributed by atoms with E-state index in [9.17, 15) is 4.79 Å². The molecule has 0 radical (unpaired) electrons. The fourth-order valence-corrected chi connectivity index (χ4v) is 3.10. The number of benzene rings is 1. The van der Waals surface area contributed by atoms with Gasteiger partial charge in [-0.05, 0) is 44.4 Å². The van der Waals surface area contributed by atoms with E-state index in [4.69, 9.17) is 9.47 Å². The molecule has 8 heteroatoms. The molecule has 1 amide bonds. The minimum atomic E-state index is -0.403. The number of ether oxygens (including phenoxy) is 2. The Hall–Kier alpha value is -1.77. The van der Waals surface area contributed by atoms with Crippen LogP contribution in [-0.2, 0) is 21.6 Å². The molecule has 2 aromatic rings. The zero-order chi connectivity index (χ0) is 18.6. The Balaban J connectivity index is 1.64. The van der Waals surface area contributed by atoms with Gasteiger partial charge in [0.25, 0.3) is 5.91 Å². The fraction of sp³-hybridized carbons (Fsp3) is 0.500. The van der Waals surface area contributed by atoms with Gasteiger partial charge in [-0.2, -0.15) is 0 Å². The summed E-state index contributed by atoms with van der Waals surface area (Å²) in [6.07, 6.45) is 3.06. The first-order chi connectivity index (χ1) is 12.6. The van der Waals surface area contributed by atoms with E-state index in [1.807, 2.05) is 38.1 Å². The molecule has 1 aliphatic rings. The van der Waals surface area contributed by atoms with Crippen molar-refractivity contribution in [2.24, 2.45) is 0 Å². The summed E-state index contributed by atoms with van der Waals surface area (Å²) in [6, 6.07) is 8.03. The third-order valence-electron chi connectivity index (χ3n) is 4.31. The second-order valence-corrected chi connectivity index (χ2v) is 7.12. The average molecular weight is 423 g/mol. The maximum atomic E-state index is 12.6. The molecular formula is C18H23BrN4O3. The van der Waals surface area contributed by atoms with Crippen molar-refractivity contribution < 1.29 is 14.3 Å². The lowest BCUT2D eigenvalue weighted by Gasteiger charge is -2.17. The first-order valence-electron chi connectivity index (χ1n) is 8.78. The maximum Gasteiger partial charge on any atom is 0.274 e. The molecule has 3 rings (SSSR count). The predicted octanol–water partition coefficient (Wildman–Crippen LogP) is 2.86. The lowest BCUT2D eigenvalue weighted by Crippen LogP contribution is -2.35. The Morgan fingerprint density at radius 2 is 1.92 bits per heavy atom. The van der Waals surface area contributed by atoms with E-state index in [-0.39, 0.29) is 11.4 Å². The molecule has 0 atom stereocenters. The first kappa shape index (κ1) is 19.0. The largest absolute Gasteiger partial charge is 0.351 e. The highest BCUT2D eigenvalue weighted by Crippen LogP contribution is 2.45. The summed E-state index contributed by atoms with van der Waals surface area (Å²) < 4.78 is 13.6. The van der Waals surface area contributed by atoms with E-state index in [0.29, 0.717) is 25.5 Å². The van der Waals surface area contributed by atoms with Crippen LogP contribution in [0.3, 0.4) is 0 Å². The Morgan fingerprint density at radius 3 is 2.50 bits per heavy atom. The molecule has 1 N–H and O–H groups in total. The van der Waals surface area contributed by atoms with E-state index in [1.165, 1.54) is 0 Å². The highest BCUT2D eigenvalue weighted by atomic mass is 79.9. The third kappa shape index (κ3) is 4.49. The monoisotopic (exact) mass is 422 g/mol. The average Bonchev–Trinajstić information content (AvgIpc) is 3.24. The zero-order valence-electron chi connectivity index (χ0n) is 14.9. The Bertz CT molecular complexity index is 737. The van der Waals surface area contributed by atoms with Crippen LogP contribution in [0.2, 0.25) is 0 Å². The van der Waals surface area contributed by atoms with Crippen LogP contribution in [0.25, 0.3) is 0 Å². The van der Waals surface area contributed by atoms with Crippen molar-refractivity contribution in [1.82, 2.24) is 20.3 Å². The van der Waals surface area contributed by atoms with E-state index >= 15 is 0 Å². The molecule has 1 fully saturated rings. The fourth-order valence-electron chi connectivity index (χ4n) is 2.83. The van der Waals surface area contributed by atoms with Gasteiger partial charge in [-0.3, -0.25) is 4.79 Å². The molecule has 1 heterocycles. The van der Waals surface area contributed by atoms with E-state index < -0.39 is 6.29 Å². The standard InChI is InChI=1S/C18H23BrN4O3/c1-3-25-16(26-4-2)12-23-11-15(21-22-23)17(24)20-18(9-10-18)13-5-7-14(19)8-6-13/h5-8,11,16H,3-4,9-10,12H2,1-2H3,(H,20,24). The van der Waals surface area contributed by atoms with Gasteiger partial charge in [0.1, 0.15) is 0 Å². The lowest BCUT2D eigenvalue weighted by molar-refractivity contribution is -0.145. The van der Waals surface area contributed by atoms with Crippen LogP contribution < -0.4 is 5.32 Å². The van der Waals surface area contributed by atoms with E-state index in [1.54, 1.807) is 10.9 Å². The molecule has 0 unspecified atom stereocenters. The van der Waals surface area contributed by atoms with Crippen LogP contribution >= 0.6 is 15.9 Å². The molecule has 0 aliphatic heterocycles. The third-order valence-corrected chi connectivity index (χ3v) is 4.84. The highest BCUT2D eigenvalue weighted by molar-refractivity contribution is 9.10. The molecule has 0 bridgehead atoms. The molecule has 0 spiro atoms. The van der Waals surface area contributed by atoms with Gasteiger partial charge in [0, 0.05) is 17.7 Å². The van der Waals surface area contributed by atoms with Gasteiger partial charge in [0.2, 0.25) is 0 Å². The summed E-state index contributed by atoms with van der Waals surface area (Å²) in [4.78, 5) is 12.6. The van der Waals surface area contributed by atoms with Crippen molar-refractivity contribution in [3.63, 3.8) is 0 Å². The number of carbonyl (C=O) groups excluding carboxylic acids is 1. The molecule has 7 nitrogen and oxygen atoms in total. The summed E-state index contributed by atoms with van der Waals surface area (Å²) in [7, 11) is 0. The van der Waals surface area contributed by atoms with Gasteiger partial charge in [-0.15, -0.1) is 5.10 Å². The molecule has 1 saturated carbocycles. The van der Waals surface area contributed by atoms with Crippen LogP contribution in [0, 0.1) is 0 Å². The van der Waals surface area contributed by atoms with Gasteiger partial charge in [0.05, 0.1) is 18.3 Å². The Labute approximate surface area is 161 Å². The van der Waals surface area contributed by atoms with Crippen LogP contribution in [0.5, 0.6) is 0 Å². The molecule has 1 aromatic heterocycles. The van der Waals surface area contributed by atoms with Gasteiger partial charge in [0.15, 0.2) is 12.0 Å². The molecule has 0 saturated heterocycles. The number of aromatic nitrogens is 3. The summed E-state index contributed by atoms with van der Waals surface area (Å²) in [5, 5.41) is 11.1. The van der Waals surface area contributed by atoms with Gasteiger partial charge in [-0.1, -0.05) is 33.3 Å². The number of halogens is 1. The highest BCUT2D eigenvalue weighted by Gasteiger charge is 2.46. The van der Waals surface area contributed by atoms with Gasteiger partial charge < -0.3 is 14.8 Å². The summed E-state index contributed by atoms with van der Waals surface area (Å²) in [6.45, 7) is 5.29. The summed E-state index contributed by atoms with van der Waals surface area (Å²) in [5.74, 6) is -0.221. The lowest BCUT2D eigenvalue weighted by atomic mass is 10.1. The van der Waals surface area contributed by atoms with Crippen LogP contribution in [0.1, 0.15) is 42.7 Å². The topological polar surface area (TPSA) is 78.3 Å². The van der Waals surface area contributed by atoms with E-state index in [2.05, 4.69) is 31.6 Å². The summed E-state index contributed by atoms with van der Waals surface area (Å²) >= 11 is 3.44. The second kappa shape index (κ2) is 8.28. The van der Waals surface area contributed by atoms with Crippen molar-refractivity contribution in [2.75, 3.05) is 13.2 Å². The van der Waals surface area contributed by atoms with Crippen molar-refractivity contribution in [3.8, 4) is 0 Å². The number of hydrogen-bond acceptors (Lipinski definition) is 5. The van der Waals surface area contributed by atoms with Gasteiger partial charge >= 0.3 is 0 Å². The molecule has 1 aliphatic carbocycles. The predicted molar refractivity (Wildman–Crippen MR) is 99.6 cm³/mol. The molecular weight excluding hydrogens is 400 g/mol. The number of nitrogens with one attached hydrogen (secondary N) is 1. The van der Waals surface area contributed by atoms with Crippen LogP contribution in [-0.4, -0.2) is 40.4 Å². The quantitative estimate of drug-likeness (QED) is 0.628. The van der Waals surface area contributed by atoms with Gasteiger partial charge in [-0.25, -0.2) is 4.68 Å². The first-order valence-corrected chi connectivity index (χ1v) is 9.57. The van der Waals surface area contributed by atoms with E-state index in [0.717, 1.165) is 22.9 Å². The second-order valence-electron chi connectivity index (χ2n) is 6.21. The smallest absolute Gasteiger partial charge is 0.274 e. The maximum absolute atomic E-state index is 12.6. The van der Waals surface area contributed by atoms with Crippen molar-refractivity contribution >= 4 is 21.8 Å². The molecule has 1 aromatic carbocycles. The number of nitrogens with zero attached hydrogens (tertiary/aromatic N) is 3. The minimum absolute atomic E-state index is 0.221. The Kier molecular flexibility index (Phi) is 6.05. The van der Waals surface area contributed by atoms with Crippen LogP contribution in [0.15, 0.2) is 34.9 Å². The van der Waals surface area contributed by atoms with Crippen molar-refractivity contribution in [1.29, 1.82) is 0 Å². The number of amides is 1. The normalized spacial score (nSPS) is 15.2. The number of rotatable bonds is 9. The molecule has 140 valence electrons. The zero-order valence-corrected chi connectivity index (χ0v) is 16.5. The molecule has 26 heavy (non-hydrogen) atoms. The SMILES string of the molecule is CCOC(Cn1cc(C(=O)NC2(c3ccc(Br)cc3)CC2)nn1)OCC. The van der Waals surface area contributed by atoms with Crippen LogP contribution in [0.4, 0.5) is 0 Å². The number of hydrogen-bond donors (Lipinski definition) is 1. The van der Waals surface area contributed by atoms with Crippen molar-refractivity contribution in [3.05, 3.63) is 46.2 Å².